The van der Waals surface area contributed by atoms with Gasteiger partial charge in [-0.25, -0.2) is 0 Å². The van der Waals surface area contributed by atoms with E-state index in [2.05, 4.69) is 71.9 Å². The molecule has 0 aromatic carbocycles. The molecule has 0 aromatic heterocycles. The summed E-state index contributed by atoms with van der Waals surface area (Å²) in [6.45, 7) is 11.5. The molecule has 81 valence electrons. The van der Waals surface area contributed by atoms with Gasteiger partial charge in [-0.3, -0.25) is 0 Å². The average Bonchev–Trinajstić information content (AvgIpc) is 2.23. The van der Waals surface area contributed by atoms with Gasteiger partial charge in [-0.1, -0.05) is 0 Å². The Labute approximate surface area is 132 Å². The number of hydrogen-bond donors (Lipinski definition) is 0. The zero-order valence-electron chi connectivity index (χ0n) is 9.13. The molecule has 1 aliphatic carbocycles. The zero-order chi connectivity index (χ0) is 11.5. The van der Waals surface area contributed by atoms with Gasteiger partial charge in [-0.15, -0.1) is 0 Å². The first-order valence-corrected chi connectivity index (χ1v) is 18.7. The van der Waals surface area contributed by atoms with Crippen molar-refractivity contribution in [2.24, 2.45) is 5.41 Å². The minimum atomic E-state index is 0.375. The number of allylic oxidation sites excluding steroid dienone is 4. The van der Waals surface area contributed by atoms with E-state index in [-0.39, 0.29) is 0 Å². The van der Waals surface area contributed by atoms with Gasteiger partial charge in [0.15, 0.2) is 0 Å². The van der Waals surface area contributed by atoms with Crippen molar-refractivity contribution in [2.45, 2.75) is 34.6 Å². The Morgan fingerprint density at radius 3 is 1.50 bits per heavy atom. The molecule has 0 unspecified atom stereocenters. The second kappa shape index (κ2) is 7.08. The van der Waals surface area contributed by atoms with Gasteiger partial charge in [0.1, 0.15) is 0 Å². The molecular formula is C10H15HfI3-. The Morgan fingerprint density at radius 1 is 1.07 bits per heavy atom. The van der Waals surface area contributed by atoms with Crippen molar-refractivity contribution in [3.05, 3.63) is 20.0 Å². The summed E-state index contributed by atoms with van der Waals surface area (Å²) in [5.74, 6) is 0. The van der Waals surface area contributed by atoms with Gasteiger partial charge in [0.25, 0.3) is 0 Å². The van der Waals surface area contributed by atoms with E-state index in [1.165, 1.54) is 29.9 Å². The summed E-state index contributed by atoms with van der Waals surface area (Å²) in [6.07, 6.45) is 0. The van der Waals surface area contributed by atoms with Gasteiger partial charge in [0, 0.05) is 0 Å². The summed E-state index contributed by atoms with van der Waals surface area (Å²) in [5, 5.41) is 0. The second-order valence-corrected chi connectivity index (χ2v) is 22.0. The molecular weight excluding hydrogens is 679 g/mol. The van der Waals surface area contributed by atoms with E-state index in [1.54, 1.807) is 14.5 Å². The zero-order valence-corrected chi connectivity index (χ0v) is 19.2. The predicted molar refractivity (Wildman–Crippen MR) is 72.9 cm³/mol. The molecule has 0 atom stereocenters. The van der Waals surface area contributed by atoms with Crippen molar-refractivity contribution in [1.29, 1.82) is 0 Å². The van der Waals surface area contributed by atoms with Crippen molar-refractivity contribution >= 4 is 37.2 Å². The summed E-state index contributed by atoms with van der Waals surface area (Å²) in [5.41, 5.74) is 5.03. The van der Waals surface area contributed by atoms with Crippen molar-refractivity contribution in [3.63, 3.8) is 0 Å². The van der Waals surface area contributed by atoms with Crippen LogP contribution >= 0.6 is 37.2 Å². The monoisotopic (exact) mass is 696 g/mol. The number of rotatable bonds is 0. The molecule has 0 saturated carbocycles. The third-order valence-electron chi connectivity index (χ3n) is 3.06. The fourth-order valence-electron chi connectivity index (χ4n) is 1.59. The maximum absolute atomic E-state index is 2.39. The van der Waals surface area contributed by atoms with E-state index in [0.717, 1.165) is 0 Å². The maximum atomic E-state index is 2.39. The van der Waals surface area contributed by atoms with E-state index in [1.807, 2.05) is 0 Å². The Morgan fingerprint density at radius 2 is 1.43 bits per heavy atom. The molecule has 14 heavy (non-hydrogen) atoms. The van der Waals surface area contributed by atoms with Crippen LogP contribution in [0.1, 0.15) is 34.6 Å². The van der Waals surface area contributed by atoms with Crippen LogP contribution in [0.2, 0.25) is 0 Å². The van der Waals surface area contributed by atoms with Crippen LogP contribution in [0.25, 0.3) is 0 Å². The molecule has 0 radical (unpaired) electrons. The van der Waals surface area contributed by atoms with Gasteiger partial charge in [-0.2, -0.15) is 0 Å². The summed E-state index contributed by atoms with van der Waals surface area (Å²) in [4.78, 5) is 0. The van der Waals surface area contributed by atoms with Crippen LogP contribution in [0.15, 0.2) is 20.0 Å². The first-order valence-electron chi connectivity index (χ1n) is 4.29. The Kier molecular flexibility index (Phi) is 8.37. The Hall–Kier alpha value is 2.54. The Balaban J connectivity index is 0.000000500. The Bertz CT molecular complexity index is 251. The summed E-state index contributed by atoms with van der Waals surface area (Å²) in [7, 11) is 0. The van der Waals surface area contributed by atoms with E-state index in [0.29, 0.717) is 18.7 Å². The van der Waals surface area contributed by atoms with Gasteiger partial charge in [-0.05, 0) is 0 Å². The molecule has 0 saturated heterocycles. The van der Waals surface area contributed by atoms with Crippen LogP contribution in [-0.4, -0.2) is 0 Å². The molecule has 0 heterocycles. The molecule has 0 spiro atoms. The molecule has 0 aliphatic heterocycles. The molecule has 0 amide bonds. The molecule has 0 N–H and O–H groups in total. The molecule has 0 fully saturated rings. The standard InChI is InChI=1S/C10H15.Hf.I3/c1-7-6-10(4,5)9(3)8(7)2;;1-3-2/h1-5H3;;/q;;-1. The van der Waals surface area contributed by atoms with Crippen molar-refractivity contribution in [3.8, 4) is 0 Å². The van der Waals surface area contributed by atoms with Crippen LogP contribution in [0, 0.1) is 5.41 Å². The van der Waals surface area contributed by atoms with Crippen LogP contribution < -0.4 is 13.3 Å². The van der Waals surface area contributed by atoms with E-state index >= 15 is 0 Å². The van der Waals surface area contributed by atoms with Crippen LogP contribution in [0.3, 0.4) is 0 Å². The van der Waals surface area contributed by atoms with Crippen molar-refractivity contribution in [1.82, 2.24) is 0 Å². The third-order valence-corrected chi connectivity index (χ3v) is 6.66. The predicted octanol–water partition coefficient (Wildman–Crippen LogP) is 1.96. The number of halogens is 3. The topological polar surface area (TPSA) is 0 Å². The normalized spacial score (nSPS) is 19.9. The first kappa shape index (κ1) is 16.5. The van der Waals surface area contributed by atoms with E-state index < -0.39 is 0 Å². The first-order chi connectivity index (χ1) is 6.30. The summed E-state index contributed by atoms with van der Waals surface area (Å²) >= 11 is 6.51. The summed E-state index contributed by atoms with van der Waals surface area (Å²) < 4.78 is 1.67. The fourth-order valence-corrected chi connectivity index (χ4v) is 2.94. The average molecular weight is 694 g/mol. The minimum absolute atomic E-state index is 0.375. The van der Waals surface area contributed by atoms with Gasteiger partial charge in [0.05, 0.1) is 0 Å². The van der Waals surface area contributed by atoms with Gasteiger partial charge in [0.2, 0.25) is 0 Å². The van der Waals surface area contributed by atoms with Crippen LogP contribution in [0.5, 0.6) is 0 Å². The van der Waals surface area contributed by atoms with Gasteiger partial charge < -0.3 is 0 Å². The van der Waals surface area contributed by atoms with Gasteiger partial charge >= 0.3 is 135 Å². The van der Waals surface area contributed by atoms with Crippen LogP contribution in [-0.2, 0) is 24.4 Å². The fraction of sp³-hybridized carbons (Fsp3) is 0.600. The summed E-state index contributed by atoms with van der Waals surface area (Å²) in [6, 6.07) is 0. The molecule has 0 nitrogen and oxygen atoms in total. The van der Waals surface area contributed by atoms with E-state index in [4.69, 9.17) is 0 Å². The second-order valence-electron chi connectivity index (χ2n) is 3.93. The van der Waals surface area contributed by atoms with E-state index in [9.17, 15) is 0 Å². The van der Waals surface area contributed by atoms with Crippen molar-refractivity contribution < 1.29 is 37.6 Å². The SMILES string of the molecule is CC1=C(C)C(C)(C)[C]([Hf])=C1C.I[I-]I. The van der Waals surface area contributed by atoms with Crippen molar-refractivity contribution in [2.75, 3.05) is 0 Å². The third kappa shape index (κ3) is 3.78. The quantitative estimate of drug-likeness (QED) is 0.269. The molecule has 1 rings (SSSR count). The molecule has 4 heteroatoms. The molecule has 0 aromatic rings. The van der Waals surface area contributed by atoms with Crippen LogP contribution in [0.4, 0.5) is 0 Å². The molecule has 0 bridgehead atoms. The number of hydrogen-bond acceptors (Lipinski definition) is 0. The molecule has 1 aliphatic rings.